The molecule has 1 aliphatic carbocycles. The van der Waals surface area contributed by atoms with Gasteiger partial charge in [-0.25, -0.2) is 9.97 Å². The van der Waals surface area contributed by atoms with E-state index in [1.807, 2.05) is 29.2 Å². The second-order valence-corrected chi connectivity index (χ2v) is 10.9. The molecule has 37 heavy (non-hydrogen) atoms. The average Bonchev–Trinajstić information content (AvgIpc) is 3.32. The molecule has 2 aromatic heterocycles. The molecule has 5 rings (SSSR count). The molecule has 1 aliphatic heterocycles. The van der Waals surface area contributed by atoms with Gasteiger partial charge in [-0.2, -0.15) is 5.10 Å². The van der Waals surface area contributed by atoms with E-state index < -0.39 is 0 Å². The largest absolute Gasteiger partial charge is 0.368 e. The molecule has 3 aromatic rings. The van der Waals surface area contributed by atoms with Crippen molar-refractivity contribution in [2.75, 3.05) is 38.2 Å². The zero-order valence-electron chi connectivity index (χ0n) is 21.8. The average molecular weight is 503 g/mol. The first-order valence-corrected chi connectivity index (χ1v) is 12.7. The number of H-pyrrole nitrogens is 1. The Balaban J connectivity index is 1.30. The Hall–Kier alpha value is -3.79. The first-order chi connectivity index (χ1) is 17.6. The number of hydrogen-bond acceptors (Lipinski definition) is 7. The van der Waals surface area contributed by atoms with E-state index in [2.05, 4.69) is 58.3 Å². The Morgan fingerprint density at radius 1 is 1.24 bits per heavy atom. The summed E-state index contributed by atoms with van der Waals surface area (Å²) in [5.41, 5.74) is 10.4. The number of carbonyl (C=O) groups excluding carboxylic acids is 2. The summed E-state index contributed by atoms with van der Waals surface area (Å²) >= 11 is 0. The van der Waals surface area contributed by atoms with Crippen molar-refractivity contribution in [1.82, 2.24) is 30.0 Å². The summed E-state index contributed by atoms with van der Waals surface area (Å²) in [6.45, 7) is 5.70. The molecule has 0 saturated carbocycles. The Morgan fingerprint density at radius 3 is 2.73 bits per heavy atom. The topological polar surface area (TPSA) is 133 Å². The van der Waals surface area contributed by atoms with Crippen molar-refractivity contribution >= 4 is 23.5 Å². The number of nitrogens with two attached hydrogens (primary N) is 1. The lowest BCUT2D eigenvalue weighted by Crippen LogP contribution is -2.44. The normalized spacial score (nSPS) is 16.8. The third-order valence-electron chi connectivity index (χ3n) is 7.50. The maximum absolute atomic E-state index is 13.4. The van der Waals surface area contributed by atoms with Gasteiger partial charge in [0, 0.05) is 36.6 Å². The van der Waals surface area contributed by atoms with Crippen molar-refractivity contribution in [2.45, 2.75) is 51.0 Å². The molecule has 0 bridgehead atoms. The standard InChI is InChI=1S/C27H34N8O2/c1-27(2)14-17-15-29-26(28)31-22(17)23-21(27)24(33-32-23)25(37)30-18-7-5-6-16(12-18)13-20(36)35-10-8-19(9-11-35)34(3)4/h5-7,12,15,19H,8-11,13-14H2,1-4H3,(H,30,37)(H,32,33)(H2,28,29,31). The summed E-state index contributed by atoms with van der Waals surface area (Å²) in [7, 11) is 4.18. The second kappa shape index (κ2) is 9.59. The first kappa shape index (κ1) is 24.9. The molecule has 1 saturated heterocycles. The van der Waals surface area contributed by atoms with Crippen LogP contribution in [0.1, 0.15) is 53.9 Å². The van der Waals surface area contributed by atoms with Gasteiger partial charge in [-0.15, -0.1) is 0 Å². The van der Waals surface area contributed by atoms with Crippen LogP contribution in [0, 0.1) is 0 Å². The molecule has 1 fully saturated rings. The Bertz CT molecular complexity index is 1340. The number of piperidine rings is 1. The fourth-order valence-electron chi connectivity index (χ4n) is 5.53. The molecular formula is C27H34N8O2. The van der Waals surface area contributed by atoms with Gasteiger partial charge in [0.15, 0.2) is 5.69 Å². The minimum atomic E-state index is -0.351. The number of likely N-dealkylation sites (tertiary alicyclic amines) is 1. The SMILES string of the molecule is CN(C)C1CCN(C(=O)Cc2cccc(NC(=O)c3n[nH]c4c3C(C)(C)Cc3cnc(N)nc3-4)c2)CC1. The molecule has 4 N–H and O–H groups in total. The third kappa shape index (κ3) is 4.93. The second-order valence-electron chi connectivity index (χ2n) is 10.9. The van der Waals surface area contributed by atoms with E-state index in [1.165, 1.54) is 0 Å². The van der Waals surface area contributed by atoms with Gasteiger partial charge in [-0.3, -0.25) is 14.7 Å². The van der Waals surface area contributed by atoms with Crippen LogP contribution in [0.25, 0.3) is 11.4 Å². The number of fused-ring (bicyclic) bond motifs is 3. The number of benzene rings is 1. The lowest BCUT2D eigenvalue weighted by Gasteiger charge is -2.35. The van der Waals surface area contributed by atoms with Crippen molar-refractivity contribution in [2.24, 2.45) is 0 Å². The molecule has 194 valence electrons. The number of rotatable bonds is 5. The number of aromatic amines is 1. The minimum Gasteiger partial charge on any atom is -0.368 e. The van der Waals surface area contributed by atoms with Crippen LogP contribution < -0.4 is 11.1 Å². The molecule has 0 unspecified atom stereocenters. The van der Waals surface area contributed by atoms with Gasteiger partial charge >= 0.3 is 0 Å². The van der Waals surface area contributed by atoms with E-state index in [0.29, 0.717) is 41.7 Å². The summed E-state index contributed by atoms with van der Waals surface area (Å²) in [4.78, 5) is 38.9. The van der Waals surface area contributed by atoms with Crippen LogP contribution in [0.15, 0.2) is 30.5 Å². The Kier molecular flexibility index (Phi) is 6.45. The van der Waals surface area contributed by atoms with Crippen molar-refractivity contribution in [3.63, 3.8) is 0 Å². The molecule has 10 heteroatoms. The summed E-state index contributed by atoms with van der Waals surface area (Å²) in [5.74, 6) is -0.0209. The van der Waals surface area contributed by atoms with Gasteiger partial charge in [0.05, 0.1) is 17.8 Å². The van der Waals surface area contributed by atoms with E-state index in [4.69, 9.17) is 5.73 Å². The van der Waals surface area contributed by atoms with Crippen LogP contribution in [0.5, 0.6) is 0 Å². The third-order valence-corrected chi connectivity index (χ3v) is 7.50. The van der Waals surface area contributed by atoms with E-state index in [-0.39, 0.29) is 23.2 Å². The van der Waals surface area contributed by atoms with Gasteiger partial charge in [0.2, 0.25) is 11.9 Å². The highest BCUT2D eigenvalue weighted by atomic mass is 16.2. The van der Waals surface area contributed by atoms with Crippen LogP contribution >= 0.6 is 0 Å². The zero-order valence-corrected chi connectivity index (χ0v) is 21.8. The zero-order chi connectivity index (χ0) is 26.3. The van der Waals surface area contributed by atoms with Crippen molar-refractivity contribution in [1.29, 1.82) is 0 Å². The van der Waals surface area contributed by atoms with E-state index >= 15 is 0 Å². The predicted molar refractivity (Wildman–Crippen MR) is 142 cm³/mol. The molecule has 1 aromatic carbocycles. The van der Waals surface area contributed by atoms with Crippen LogP contribution in [0.2, 0.25) is 0 Å². The number of nitrogens with zero attached hydrogens (tertiary/aromatic N) is 5. The summed E-state index contributed by atoms with van der Waals surface area (Å²) in [6.07, 6.45) is 4.68. The number of anilines is 2. The van der Waals surface area contributed by atoms with E-state index in [0.717, 1.165) is 42.6 Å². The van der Waals surface area contributed by atoms with Gasteiger partial charge in [-0.1, -0.05) is 26.0 Å². The van der Waals surface area contributed by atoms with E-state index in [9.17, 15) is 9.59 Å². The van der Waals surface area contributed by atoms with Gasteiger partial charge < -0.3 is 20.9 Å². The lowest BCUT2D eigenvalue weighted by atomic mass is 9.73. The fourth-order valence-corrected chi connectivity index (χ4v) is 5.53. The molecule has 0 radical (unpaired) electrons. The van der Waals surface area contributed by atoms with Gasteiger partial charge in [0.25, 0.3) is 5.91 Å². The summed E-state index contributed by atoms with van der Waals surface area (Å²) in [5, 5.41) is 10.3. The number of nitrogen functional groups attached to an aromatic ring is 1. The highest BCUT2D eigenvalue weighted by Crippen LogP contribution is 2.42. The predicted octanol–water partition coefficient (Wildman–Crippen LogP) is 2.63. The number of carbonyl (C=O) groups is 2. The van der Waals surface area contributed by atoms with Crippen LogP contribution in [0.3, 0.4) is 0 Å². The lowest BCUT2D eigenvalue weighted by molar-refractivity contribution is -0.131. The fraction of sp³-hybridized carbons (Fsp3) is 0.444. The highest BCUT2D eigenvalue weighted by molar-refractivity contribution is 6.05. The van der Waals surface area contributed by atoms with Crippen LogP contribution in [0.4, 0.5) is 11.6 Å². The summed E-state index contributed by atoms with van der Waals surface area (Å²) in [6, 6.07) is 7.98. The minimum absolute atomic E-state index is 0.115. The number of amides is 2. The number of hydrogen-bond donors (Lipinski definition) is 3. The highest BCUT2D eigenvalue weighted by Gasteiger charge is 2.38. The van der Waals surface area contributed by atoms with Crippen molar-refractivity contribution in [3.05, 3.63) is 52.8 Å². The first-order valence-electron chi connectivity index (χ1n) is 12.7. The van der Waals surface area contributed by atoms with E-state index in [1.54, 1.807) is 6.20 Å². The molecule has 0 spiro atoms. The van der Waals surface area contributed by atoms with Crippen molar-refractivity contribution in [3.8, 4) is 11.4 Å². The molecule has 3 heterocycles. The number of nitrogens with one attached hydrogen (secondary N) is 2. The van der Waals surface area contributed by atoms with Crippen LogP contribution in [-0.4, -0.2) is 75.0 Å². The molecule has 10 nitrogen and oxygen atoms in total. The quantitative estimate of drug-likeness (QED) is 0.488. The van der Waals surface area contributed by atoms with Gasteiger partial charge in [0.1, 0.15) is 0 Å². The van der Waals surface area contributed by atoms with Crippen molar-refractivity contribution < 1.29 is 9.59 Å². The molecule has 2 aliphatic rings. The van der Waals surface area contributed by atoms with Crippen LogP contribution in [-0.2, 0) is 23.1 Å². The Labute approximate surface area is 216 Å². The molecular weight excluding hydrogens is 468 g/mol. The molecule has 2 amide bonds. The maximum atomic E-state index is 13.4. The van der Waals surface area contributed by atoms with Gasteiger partial charge in [-0.05, 0) is 62.0 Å². The number of aromatic nitrogens is 4. The Morgan fingerprint density at radius 2 is 2.00 bits per heavy atom. The summed E-state index contributed by atoms with van der Waals surface area (Å²) < 4.78 is 0. The maximum Gasteiger partial charge on any atom is 0.276 e. The smallest absolute Gasteiger partial charge is 0.276 e. The molecule has 0 atom stereocenters. The monoisotopic (exact) mass is 502 g/mol.